The van der Waals surface area contributed by atoms with Gasteiger partial charge in [0.1, 0.15) is 12.1 Å². The first-order chi connectivity index (χ1) is 12.7. The molecule has 0 radical (unpaired) electrons. The van der Waals surface area contributed by atoms with Crippen molar-refractivity contribution in [2.45, 2.75) is 18.3 Å². The summed E-state index contributed by atoms with van der Waals surface area (Å²) in [4.78, 5) is 22.2. The molecule has 128 valence electrons. The lowest BCUT2D eigenvalue weighted by atomic mass is 9.98. The summed E-state index contributed by atoms with van der Waals surface area (Å²) in [5, 5.41) is 0. The second kappa shape index (κ2) is 5.46. The molecule has 0 amide bonds. The highest BCUT2D eigenvalue weighted by Gasteiger charge is 2.52. The zero-order valence-electron chi connectivity index (χ0n) is 14.0. The van der Waals surface area contributed by atoms with E-state index < -0.39 is 0 Å². The van der Waals surface area contributed by atoms with Crippen molar-refractivity contribution < 1.29 is 9.18 Å². The summed E-state index contributed by atoms with van der Waals surface area (Å²) in [5.41, 5.74) is 4.23. The number of halogens is 1. The third-order valence-corrected chi connectivity index (χ3v) is 5.40. The molecule has 1 saturated carbocycles. The molecule has 3 aromatic rings. The second-order valence-electron chi connectivity index (χ2n) is 7.01. The summed E-state index contributed by atoms with van der Waals surface area (Å²) >= 11 is 0. The molecule has 1 fully saturated rings. The third-order valence-electron chi connectivity index (χ3n) is 5.40. The number of hydrogen-bond acceptors (Lipinski definition) is 4. The largest absolute Gasteiger partial charge is 0.309 e. The maximum atomic E-state index is 14.0. The summed E-state index contributed by atoms with van der Waals surface area (Å²) in [6, 6.07) is 12.4. The van der Waals surface area contributed by atoms with Crippen LogP contribution in [0, 0.1) is 5.82 Å². The van der Waals surface area contributed by atoms with E-state index in [-0.39, 0.29) is 11.2 Å². The molecule has 0 N–H and O–H groups in total. The van der Waals surface area contributed by atoms with E-state index in [0.29, 0.717) is 22.6 Å². The Morgan fingerprint density at radius 2 is 1.85 bits per heavy atom. The van der Waals surface area contributed by atoms with Crippen LogP contribution in [0.25, 0.3) is 11.1 Å². The predicted molar refractivity (Wildman–Crippen MR) is 97.2 cm³/mol. The van der Waals surface area contributed by atoms with Crippen LogP contribution in [0.5, 0.6) is 0 Å². The van der Waals surface area contributed by atoms with Crippen LogP contribution in [0.2, 0.25) is 0 Å². The van der Waals surface area contributed by atoms with Gasteiger partial charge >= 0.3 is 0 Å². The molecular weight excluding hydrogens is 329 g/mol. The molecule has 5 rings (SSSR count). The van der Waals surface area contributed by atoms with Crippen molar-refractivity contribution in [1.82, 2.24) is 9.97 Å². The monoisotopic (exact) mass is 345 g/mol. The number of fused-ring (bicyclic) bond motifs is 2. The first-order valence-electron chi connectivity index (χ1n) is 8.64. The van der Waals surface area contributed by atoms with Gasteiger partial charge in [0.2, 0.25) is 5.95 Å². The van der Waals surface area contributed by atoms with Crippen molar-refractivity contribution in [1.29, 1.82) is 0 Å². The molecule has 1 aliphatic heterocycles. The number of rotatable bonds is 3. The third kappa shape index (κ3) is 2.24. The normalized spacial score (nSPS) is 16.6. The molecule has 1 spiro atoms. The smallest absolute Gasteiger partial charge is 0.229 e. The van der Waals surface area contributed by atoms with E-state index in [1.807, 2.05) is 12.1 Å². The fourth-order valence-corrected chi connectivity index (χ4v) is 3.82. The predicted octanol–water partition coefficient (Wildman–Crippen LogP) is 4.28. The molecule has 0 saturated heterocycles. The van der Waals surface area contributed by atoms with Crippen LogP contribution in [0.1, 0.15) is 28.8 Å². The number of hydrogen-bond donors (Lipinski definition) is 0. The molecule has 2 heterocycles. The SMILES string of the molecule is O=Cc1ccc2c(c1)N(c1ncc(-c3ccccc3F)cn1)CC21CC1. The van der Waals surface area contributed by atoms with Crippen LogP contribution >= 0.6 is 0 Å². The highest BCUT2D eigenvalue weighted by atomic mass is 19.1. The number of aromatic nitrogens is 2. The number of carbonyl (C=O) groups is 1. The fraction of sp³-hybridized carbons (Fsp3) is 0.190. The summed E-state index contributed by atoms with van der Waals surface area (Å²) in [6.07, 6.45) is 6.46. The second-order valence-corrected chi connectivity index (χ2v) is 7.01. The van der Waals surface area contributed by atoms with Gasteiger partial charge in [-0.15, -0.1) is 0 Å². The molecule has 2 aliphatic rings. The minimum Gasteiger partial charge on any atom is -0.309 e. The molecule has 4 nitrogen and oxygen atoms in total. The van der Waals surface area contributed by atoms with Crippen molar-refractivity contribution in [2.24, 2.45) is 0 Å². The number of anilines is 2. The lowest BCUT2D eigenvalue weighted by Crippen LogP contribution is -2.21. The van der Waals surface area contributed by atoms with Gasteiger partial charge in [-0.1, -0.05) is 30.3 Å². The maximum absolute atomic E-state index is 14.0. The standard InChI is InChI=1S/C21H16FN3O/c22-18-4-2-1-3-16(18)15-10-23-20(24-11-15)25-13-21(7-8-21)17-6-5-14(12-26)9-19(17)25/h1-6,9-12H,7-8,13H2. The van der Waals surface area contributed by atoms with Crippen molar-refractivity contribution in [3.63, 3.8) is 0 Å². The molecule has 1 aliphatic carbocycles. The molecule has 26 heavy (non-hydrogen) atoms. The van der Waals surface area contributed by atoms with E-state index in [0.717, 1.165) is 31.4 Å². The first-order valence-corrected chi connectivity index (χ1v) is 8.64. The van der Waals surface area contributed by atoms with Gasteiger partial charge in [-0.05, 0) is 30.5 Å². The Labute approximate surface area is 150 Å². The molecular formula is C21H16FN3O. The quantitative estimate of drug-likeness (QED) is 0.665. The Morgan fingerprint density at radius 1 is 1.08 bits per heavy atom. The van der Waals surface area contributed by atoms with Gasteiger partial charge in [0.05, 0.1) is 0 Å². The average molecular weight is 345 g/mol. The van der Waals surface area contributed by atoms with Crippen molar-refractivity contribution in [3.05, 3.63) is 71.8 Å². The van der Waals surface area contributed by atoms with Crippen molar-refractivity contribution in [2.75, 3.05) is 11.4 Å². The van der Waals surface area contributed by atoms with Crippen LogP contribution in [0.15, 0.2) is 54.9 Å². The highest BCUT2D eigenvalue weighted by molar-refractivity contribution is 5.81. The van der Waals surface area contributed by atoms with E-state index in [1.165, 1.54) is 11.6 Å². The van der Waals surface area contributed by atoms with E-state index in [2.05, 4.69) is 20.9 Å². The van der Waals surface area contributed by atoms with Crippen LogP contribution in [0.3, 0.4) is 0 Å². The van der Waals surface area contributed by atoms with Gasteiger partial charge in [0.15, 0.2) is 0 Å². The zero-order valence-corrected chi connectivity index (χ0v) is 14.0. The highest BCUT2D eigenvalue weighted by Crippen LogP contribution is 2.57. The summed E-state index contributed by atoms with van der Waals surface area (Å²) in [5.74, 6) is 0.293. The van der Waals surface area contributed by atoms with E-state index in [4.69, 9.17) is 0 Å². The summed E-state index contributed by atoms with van der Waals surface area (Å²) in [7, 11) is 0. The molecule has 0 unspecified atom stereocenters. The summed E-state index contributed by atoms with van der Waals surface area (Å²) < 4.78 is 14.0. The Kier molecular flexibility index (Phi) is 3.19. The van der Waals surface area contributed by atoms with Crippen LogP contribution in [-0.2, 0) is 5.41 Å². The van der Waals surface area contributed by atoms with Gasteiger partial charge < -0.3 is 4.90 Å². The fourth-order valence-electron chi connectivity index (χ4n) is 3.82. The zero-order chi connectivity index (χ0) is 17.7. The van der Waals surface area contributed by atoms with Crippen LogP contribution in [0.4, 0.5) is 16.0 Å². The molecule has 2 aromatic carbocycles. The van der Waals surface area contributed by atoms with E-state index in [1.54, 1.807) is 30.6 Å². The van der Waals surface area contributed by atoms with Gasteiger partial charge in [-0.3, -0.25) is 4.79 Å². The number of benzene rings is 2. The molecule has 5 heteroatoms. The number of nitrogens with zero attached hydrogens (tertiary/aromatic N) is 3. The van der Waals surface area contributed by atoms with Crippen molar-refractivity contribution >= 4 is 17.9 Å². The lowest BCUT2D eigenvalue weighted by molar-refractivity contribution is 0.112. The van der Waals surface area contributed by atoms with Crippen LogP contribution in [-0.4, -0.2) is 22.8 Å². The number of aldehydes is 1. The Bertz CT molecular complexity index is 1010. The first kappa shape index (κ1) is 15.2. The Balaban J connectivity index is 1.54. The summed E-state index contributed by atoms with van der Waals surface area (Å²) in [6.45, 7) is 0.823. The average Bonchev–Trinajstić information content (AvgIpc) is 3.39. The molecule has 0 bridgehead atoms. The van der Waals surface area contributed by atoms with Gasteiger partial charge in [-0.2, -0.15) is 0 Å². The van der Waals surface area contributed by atoms with Crippen LogP contribution < -0.4 is 4.90 Å². The van der Waals surface area contributed by atoms with E-state index in [9.17, 15) is 9.18 Å². The maximum Gasteiger partial charge on any atom is 0.229 e. The van der Waals surface area contributed by atoms with Gasteiger partial charge in [0, 0.05) is 46.7 Å². The minimum atomic E-state index is -0.289. The molecule has 0 atom stereocenters. The molecule has 1 aromatic heterocycles. The Morgan fingerprint density at radius 3 is 2.54 bits per heavy atom. The lowest BCUT2D eigenvalue weighted by Gasteiger charge is -2.18. The van der Waals surface area contributed by atoms with Gasteiger partial charge in [0.25, 0.3) is 0 Å². The van der Waals surface area contributed by atoms with E-state index >= 15 is 0 Å². The Hall–Kier alpha value is -3.08. The minimum absolute atomic E-state index is 0.171. The van der Waals surface area contributed by atoms with Crippen molar-refractivity contribution in [3.8, 4) is 11.1 Å². The van der Waals surface area contributed by atoms with Gasteiger partial charge in [-0.25, -0.2) is 14.4 Å². The topological polar surface area (TPSA) is 46.1 Å². The number of carbonyl (C=O) groups excluding carboxylic acids is 1.